The van der Waals surface area contributed by atoms with Crippen LogP contribution in [0.3, 0.4) is 0 Å². The van der Waals surface area contributed by atoms with Gasteiger partial charge in [0.2, 0.25) is 11.8 Å². The van der Waals surface area contributed by atoms with Crippen molar-refractivity contribution < 1.29 is 9.59 Å². The largest absolute Gasteiger partial charge is 0.382 e. The van der Waals surface area contributed by atoms with Crippen LogP contribution >= 0.6 is 0 Å². The number of nitrogens with two attached hydrogens (primary N) is 1. The maximum Gasteiger partial charge on any atom is 0.241 e. The van der Waals surface area contributed by atoms with E-state index in [1.165, 1.54) is 4.68 Å². The lowest BCUT2D eigenvalue weighted by Gasteiger charge is -2.06. The minimum Gasteiger partial charge on any atom is -0.382 e. The molecule has 1 aliphatic rings. The zero-order chi connectivity index (χ0) is 13.7. The van der Waals surface area contributed by atoms with Crippen molar-refractivity contribution in [3.05, 3.63) is 12.3 Å². The van der Waals surface area contributed by atoms with Gasteiger partial charge in [-0.05, 0) is 25.3 Å². The maximum absolute atomic E-state index is 11.5. The van der Waals surface area contributed by atoms with E-state index in [4.69, 9.17) is 5.73 Å². The first-order valence-corrected chi connectivity index (χ1v) is 6.48. The van der Waals surface area contributed by atoms with Crippen molar-refractivity contribution in [2.45, 2.75) is 38.3 Å². The van der Waals surface area contributed by atoms with Crippen molar-refractivity contribution in [3.8, 4) is 0 Å². The van der Waals surface area contributed by atoms with E-state index >= 15 is 0 Å². The Morgan fingerprint density at radius 1 is 1.42 bits per heavy atom. The second kappa shape index (κ2) is 6.21. The number of carbonyl (C=O) groups excluding carboxylic acids is 2. The molecule has 1 fully saturated rings. The molecule has 0 bridgehead atoms. The third-order valence-electron chi connectivity index (χ3n) is 2.81. The van der Waals surface area contributed by atoms with Crippen molar-refractivity contribution in [1.29, 1.82) is 0 Å². The lowest BCUT2D eigenvalue weighted by atomic mass is 10.3. The summed E-state index contributed by atoms with van der Waals surface area (Å²) in [5, 5.41) is 9.57. The van der Waals surface area contributed by atoms with Gasteiger partial charge >= 0.3 is 0 Å². The topological polar surface area (TPSA) is 102 Å². The van der Waals surface area contributed by atoms with Crippen molar-refractivity contribution in [2.24, 2.45) is 0 Å². The Bertz CT molecular complexity index is 453. The quantitative estimate of drug-likeness (QED) is 0.586. The summed E-state index contributed by atoms with van der Waals surface area (Å²) in [6, 6.07) is 2.03. The Morgan fingerprint density at radius 3 is 2.84 bits per heavy atom. The fraction of sp³-hybridized carbons (Fsp3) is 0.583. The van der Waals surface area contributed by atoms with Gasteiger partial charge in [0.1, 0.15) is 12.4 Å². The number of carbonyl (C=O) groups is 2. The summed E-state index contributed by atoms with van der Waals surface area (Å²) in [5.41, 5.74) is 5.45. The molecule has 0 saturated heterocycles. The average molecular weight is 265 g/mol. The summed E-state index contributed by atoms with van der Waals surface area (Å²) in [5.74, 6) is 0.326. The Labute approximate surface area is 111 Å². The van der Waals surface area contributed by atoms with Crippen LogP contribution in [0.25, 0.3) is 0 Å². The summed E-state index contributed by atoms with van der Waals surface area (Å²) in [6.07, 6.45) is 4.93. The van der Waals surface area contributed by atoms with Crippen LogP contribution in [0.4, 0.5) is 5.82 Å². The minimum atomic E-state index is -0.134. The summed E-state index contributed by atoms with van der Waals surface area (Å²) >= 11 is 0. The van der Waals surface area contributed by atoms with E-state index in [9.17, 15) is 9.59 Å². The van der Waals surface area contributed by atoms with E-state index in [0.717, 1.165) is 12.8 Å². The van der Waals surface area contributed by atoms with Crippen LogP contribution in [0.1, 0.15) is 25.7 Å². The first-order chi connectivity index (χ1) is 9.13. The highest BCUT2D eigenvalue weighted by Crippen LogP contribution is 2.18. The SMILES string of the molecule is Nc1ccn(CC(=O)NCCCC(=O)NC2CC2)n1. The van der Waals surface area contributed by atoms with Gasteiger partial charge in [-0.25, -0.2) is 0 Å². The molecule has 19 heavy (non-hydrogen) atoms. The van der Waals surface area contributed by atoms with Crippen molar-refractivity contribution in [2.75, 3.05) is 12.3 Å². The average Bonchev–Trinajstić information content (AvgIpc) is 3.07. The van der Waals surface area contributed by atoms with Gasteiger partial charge < -0.3 is 16.4 Å². The molecule has 0 aromatic carbocycles. The van der Waals surface area contributed by atoms with Crippen LogP contribution in [0.5, 0.6) is 0 Å². The summed E-state index contributed by atoms with van der Waals surface area (Å²) in [6.45, 7) is 0.638. The molecule has 1 saturated carbocycles. The van der Waals surface area contributed by atoms with E-state index in [2.05, 4.69) is 15.7 Å². The molecule has 2 amide bonds. The number of nitrogens with zero attached hydrogens (tertiary/aromatic N) is 2. The monoisotopic (exact) mass is 265 g/mol. The Hall–Kier alpha value is -2.05. The highest BCUT2D eigenvalue weighted by molar-refractivity contribution is 5.77. The number of anilines is 1. The molecule has 0 aliphatic heterocycles. The second-order valence-corrected chi connectivity index (χ2v) is 4.73. The van der Waals surface area contributed by atoms with Gasteiger partial charge in [0, 0.05) is 25.2 Å². The standard InChI is InChI=1S/C12H19N5O2/c13-10-5-7-17(16-10)8-12(19)14-6-1-2-11(18)15-9-3-4-9/h5,7,9H,1-4,6,8H2,(H2,13,16)(H,14,19)(H,15,18). The number of rotatable bonds is 7. The first kappa shape index (κ1) is 13.4. The molecule has 7 heteroatoms. The van der Waals surface area contributed by atoms with Crippen LogP contribution in [-0.2, 0) is 16.1 Å². The van der Waals surface area contributed by atoms with Gasteiger partial charge in [0.15, 0.2) is 0 Å². The highest BCUT2D eigenvalue weighted by Gasteiger charge is 2.22. The van der Waals surface area contributed by atoms with E-state index in [0.29, 0.717) is 31.2 Å². The third kappa shape index (κ3) is 4.99. The zero-order valence-corrected chi connectivity index (χ0v) is 10.8. The smallest absolute Gasteiger partial charge is 0.241 e. The summed E-state index contributed by atoms with van der Waals surface area (Å²) < 4.78 is 1.48. The maximum atomic E-state index is 11.5. The van der Waals surface area contributed by atoms with Gasteiger partial charge in [-0.15, -0.1) is 0 Å². The minimum absolute atomic E-state index is 0.0663. The van der Waals surface area contributed by atoms with E-state index < -0.39 is 0 Å². The lowest BCUT2D eigenvalue weighted by molar-refractivity contribution is -0.123. The van der Waals surface area contributed by atoms with Gasteiger partial charge in [0.25, 0.3) is 0 Å². The molecule has 1 aromatic heterocycles. The van der Waals surface area contributed by atoms with Gasteiger partial charge in [-0.2, -0.15) is 5.10 Å². The second-order valence-electron chi connectivity index (χ2n) is 4.73. The Kier molecular flexibility index (Phi) is 4.38. The molecular formula is C12H19N5O2. The van der Waals surface area contributed by atoms with Crippen molar-refractivity contribution in [1.82, 2.24) is 20.4 Å². The lowest BCUT2D eigenvalue weighted by Crippen LogP contribution is -2.30. The first-order valence-electron chi connectivity index (χ1n) is 6.48. The molecule has 1 aliphatic carbocycles. The number of nitrogen functional groups attached to an aromatic ring is 1. The normalized spacial score (nSPS) is 14.1. The highest BCUT2D eigenvalue weighted by atomic mass is 16.2. The Balaban J connectivity index is 1.54. The van der Waals surface area contributed by atoms with Crippen LogP contribution in [0.15, 0.2) is 12.3 Å². The molecular weight excluding hydrogens is 246 g/mol. The fourth-order valence-corrected chi connectivity index (χ4v) is 1.67. The van der Waals surface area contributed by atoms with Crippen LogP contribution in [-0.4, -0.2) is 34.2 Å². The molecule has 1 aromatic rings. The van der Waals surface area contributed by atoms with E-state index in [1.54, 1.807) is 12.3 Å². The molecule has 0 unspecified atom stereocenters. The number of hydrogen-bond acceptors (Lipinski definition) is 4. The van der Waals surface area contributed by atoms with Gasteiger partial charge in [-0.3, -0.25) is 14.3 Å². The van der Waals surface area contributed by atoms with Gasteiger partial charge in [-0.1, -0.05) is 0 Å². The summed E-state index contributed by atoms with van der Waals surface area (Å²) in [4.78, 5) is 22.9. The van der Waals surface area contributed by atoms with Crippen molar-refractivity contribution in [3.63, 3.8) is 0 Å². The predicted octanol–water partition coefficient (Wildman–Crippen LogP) is -0.360. The van der Waals surface area contributed by atoms with E-state index in [-0.39, 0.29) is 18.4 Å². The van der Waals surface area contributed by atoms with Crippen LogP contribution in [0, 0.1) is 0 Å². The number of hydrogen-bond donors (Lipinski definition) is 3. The number of amides is 2. The molecule has 7 nitrogen and oxygen atoms in total. The molecule has 0 radical (unpaired) electrons. The molecule has 0 spiro atoms. The molecule has 4 N–H and O–H groups in total. The summed E-state index contributed by atoms with van der Waals surface area (Å²) in [7, 11) is 0. The fourth-order valence-electron chi connectivity index (χ4n) is 1.67. The van der Waals surface area contributed by atoms with Gasteiger partial charge in [0.05, 0.1) is 0 Å². The molecule has 104 valence electrons. The molecule has 0 atom stereocenters. The third-order valence-corrected chi connectivity index (χ3v) is 2.81. The van der Waals surface area contributed by atoms with E-state index in [1.807, 2.05) is 0 Å². The number of aromatic nitrogens is 2. The predicted molar refractivity (Wildman–Crippen MR) is 70.0 cm³/mol. The Morgan fingerprint density at radius 2 is 2.21 bits per heavy atom. The van der Waals surface area contributed by atoms with Crippen molar-refractivity contribution >= 4 is 17.6 Å². The molecule has 2 rings (SSSR count). The van der Waals surface area contributed by atoms with Crippen LogP contribution < -0.4 is 16.4 Å². The number of nitrogens with one attached hydrogen (secondary N) is 2. The zero-order valence-electron chi connectivity index (χ0n) is 10.8. The van der Waals surface area contributed by atoms with Crippen LogP contribution in [0.2, 0.25) is 0 Å². The molecule has 1 heterocycles.